The van der Waals surface area contributed by atoms with E-state index in [1.54, 1.807) is 0 Å². The van der Waals surface area contributed by atoms with Crippen molar-refractivity contribution in [2.45, 2.75) is 6.54 Å². The molecule has 0 unspecified atom stereocenters. The number of aromatic nitrogens is 1. The van der Waals surface area contributed by atoms with Crippen molar-refractivity contribution in [2.75, 3.05) is 0 Å². The van der Waals surface area contributed by atoms with Crippen molar-refractivity contribution in [1.82, 2.24) is 10.3 Å². The fraction of sp³-hybridized carbons (Fsp3) is 0.0588. The Morgan fingerprint density at radius 2 is 1.74 bits per heavy atom. The maximum Gasteiger partial charge on any atom is 0.0620 e. The summed E-state index contributed by atoms with van der Waals surface area (Å²) in [5.41, 5.74) is 4.34. The number of para-hydroxylation sites is 1. The van der Waals surface area contributed by atoms with Crippen molar-refractivity contribution >= 4 is 16.6 Å². The van der Waals surface area contributed by atoms with Gasteiger partial charge in [0.05, 0.1) is 11.4 Å². The Kier molecular flexibility index (Phi) is 3.07. The third kappa shape index (κ3) is 2.52. The zero-order valence-electron chi connectivity index (χ0n) is 10.7. The minimum atomic E-state index is 0.787. The van der Waals surface area contributed by atoms with Crippen LogP contribution in [0.4, 0.5) is 0 Å². The van der Waals surface area contributed by atoms with Crippen molar-refractivity contribution in [3.8, 4) is 0 Å². The Balaban J connectivity index is 1.73. The fourth-order valence-electron chi connectivity index (χ4n) is 2.14. The molecule has 0 saturated heterocycles. The molecule has 0 amide bonds. The Bertz CT molecular complexity index is 662. The summed E-state index contributed by atoms with van der Waals surface area (Å²) in [5.74, 6) is 0. The predicted molar refractivity (Wildman–Crippen MR) is 80.6 cm³/mol. The van der Waals surface area contributed by atoms with Gasteiger partial charge in [-0.25, -0.2) is 0 Å². The number of rotatable bonds is 4. The van der Waals surface area contributed by atoms with Crippen molar-refractivity contribution in [3.05, 3.63) is 78.5 Å². The molecule has 94 valence electrons. The lowest BCUT2D eigenvalue weighted by Crippen LogP contribution is -2.10. The van der Waals surface area contributed by atoms with Crippen LogP contribution in [0.15, 0.2) is 67.2 Å². The van der Waals surface area contributed by atoms with Gasteiger partial charge in [-0.1, -0.05) is 55.1 Å². The normalized spacial score (nSPS) is 10.5. The van der Waals surface area contributed by atoms with Gasteiger partial charge >= 0.3 is 0 Å². The third-order valence-corrected chi connectivity index (χ3v) is 3.20. The summed E-state index contributed by atoms with van der Waals surface area (Å²) in [4.78, 5) is 3.37. The average molecular weight is 248 g/mol. The molecule has 0 fully saturated rings. The summed E-state index contributed by atoms with van der Waals surface area (Å²) in [6.45, 7) is 4.88. The molecular weight excluding hydrogens is 232 g/mol. The molecule has 0 atom stereocenters. The van der Waals surface area contributed by atoms with Gasteiger partial charge in [-0.3, -0.25) is 0 Å². The molecule has 0 radical (unpaired) electrons. The smallest absolute Gasteiger partial charge is 0.0620 e. The lowest BCUT2D eigenvalue weighted by Gasteiger charge is -2.07. The molecule has 2 N–H and O–H groups in total. The highest BCUT2D eigenvalue weighted by molar-refractivity contribution is 5.84. The first-order chi connectivity index (χ1) is 9.33. The Morgan fingerprint density at radius 3 is 2.53 bits per heavy atom. The minimum absolute atomic E-state index is 0.787. The van der Waals surface area contributed by atoms with Crippen LogP contribution in [0.5, 0.6) is 0 Å². The van der Waals surface area contributed by atoms with Crippen LogP contribution in [0.3, 0.4) is 0 Å². The molecule has 2 heteroatoms. The molecule has 3 aromatic rings. The number of benzene rings is 2. The first-order valence-corrected chi connectivity index (χ1v) is 6.38. The number of nitrogens with one attached hydrogen (secondary N) is 2. The molecule has 2 aromatic carbocycles. The van der Waals surface area contributed by atoms with Crippen molar-refractivity contribution in [3.63, 3.8) is 0 Å². The van der Waals surface area contributed by atoms with Crippen LogP contribution in [0.25, 0.3) is 16.6 Å². The fourth-order valence-corrected chi connectivity index (χ4v) is 2.14. The lowest BCUT2D eigenvalue weighted by molar-refractivity contribution is 0.887. The van der Waals surface area contributed by atoms with Crippen LogP contribution in [-0.2, 0) is 6.54 Å². The van der Waals surface area contributed by atoms with Gasteiger partial charge in [-0.15, -0.1) is 0 Å². The highest BCUT2D eigenvalue weighted by Crippen LogP contribution is 2.18. The third-order valence-electron chi connectivity index (χ3n) is 3.20. The van der Waals surface area contributed by atoms with Gasteiger partial charge in [0.1, 0.15) is 0 Å². The van der Waals surface area contributed by atoms with Crippen LogP contribution < -0.4 is 5.32 Å². The second-order valence-electron chi connectivity index (χ2n) is 4.59. The Labute approximate surface area is 112 Å². The van der Waals surface area contributed by atoms with Gasteiger partial charge < -0.3 is 10.3 Å². The number of hydrogen-bond donors (Lipinski definition) is 2. The zero-order valence-corrected chi connectivity index (χ0v) is 10.7. The zero-order chi connectivity index (χ0) is 13.1. The molecule has 2 nitrogen and oxygen atoms in total. The van der Waals surface area contributed by atoms with Crippen molar-refractivity contribution in [2.24, 2.45) is 0 Å². The number of hydrogen-bond acceptors (Lipinski definition) is 1. The van der Waals surface area contributed by atoms with Crippen LogP contribution >= 0.6 is 0 Å². The van der Waals surface area contributed by atoms with Gasteiger partial charge in [0, 0.05) is 17.4 Å². The molecule has 0 bridgehead atoms. The summed E-state index contributed by atoms with van der Waals surface area (Å²) in [5, 5.41) is 4.56. The number of H-pyrrole nitrogens is 1. The average Bonchev–Trinajstić information content (AvgIpc) is 2.90. The maximum atomic E-state index is 4.09. The van der Waals surface area contributed by atoms with E-state index in [4.69, 9.17) is 0 Å². The summed E-state index contributed by atoms with van der Waals surface area (Å²) in [6, 6.07) is 20.7. The lowest BCUT2D eigenvalue weighted by atomic mass is 10.2. The minimum Gasteiger partial charge on any atom is -0.380 e. The molecule has 0 aliphatic rings. The summed E-state index contributed by atoms with van der Waals surface area (Å²) >= 11 is 0. The molecular formula is C17H16N2. The van der Waals surface area contributed by atoms with Gasteiger partial charge in [0.2, 0.25) is 0 Å². The highest BCUT2D eigenvalue weighted by atomic mass is 14.9. The van der Waals surface area contributed by atoms with E-state index in [0.717, 1.165) is 23.5 Å². The molecule has 3 rings (SSSR count). The molecule has 0 saturated carbocycles. The van der Waals surface area contributed by atoms with Gasteiger partial charge in [0.15, 0.2) is 0 Å². The number of aromatic amines is 1. The van der Waals surface area contributed by atoms with E-state index in [1.807, 2.05) is 30.3 Å². The van der Waals surface area contributed by atoms with Gasteiger partial charge in [-0.05, 0) is 17.7 Å². The van der Waals surface area contributed by atoms with Crippen LogP contribution in [0.1, 0.15) is 11.3 Å². The molecule has 0 spiro atoms. The van der Waals surface area contributed by atoms with E-state index in [1.165, 1.54) is 10.9 Å². The van der Waals surface area contributed by atoms with E-state index >= 15 is 0 Å². The van der Waals surface area contributed by atoms with Crippen LogP contribution in [0.2, 0.25) is 0 Å². The first-order valence-electron chi connectivity index (χ1n) is 6.38. The van der Waals surface area contributed by atoms with E-state index in [-0.39, 0.29) is 0 Å². The van der Waals surface area contributed by atoms with Gasteiger partial charge in [-0.2, -0.15) is 0 Å². The first kappa shape index (κ1) is 11.6. The predicted octanol–water partition coefficient (Wildman–Crippen LogP) is 3.93. The van der Waals surface area contributed by atoms with Crippen molar-refractivity contribution in [1.29, 1.82) is 0 Å². The summed E-state index contributed by atoms with van der Waals surface area (Å²) in [6.07, 6.45) is 0. The van der Waals surface area contributed by atoms with E-state index < -0.39 is 0 Å². The van der Waals surface area contributed by atoms with Gasteiger partial charge in [0.25, 0.3) is 0 Å². The summed E-state index contributed by atoms with van der Waals surface area (Å²) in [7, 11) is 0. The van der Waals surface area contributed by atoms with E-state index in [0.29, 0.717) is 0 Å². The molecule has 1 aromatic heterocycles. The Hall–Kier alpha value is -2.48. The maximum absolute atomic E-state index is 4.09. The Morgan fingerprint density at radius 1 is 1.00 bits per heavy atom. The second-order valence-corrected chi connectivity index (χ2v) is 4.59. The highest BCUT2D eigenvalue weighted by Gasteiger charge is 2.03. The molecule has 1 heterocycles. The molecule has 0 aliphatic heterocycles. The SMILES string of the molecule is C=C(NCc1ccccc1)c1cc2ccccc2[nH]1. The standard InChI is InChI=1S/C17H16N2/c1-13(18-12-14-7-3-2-4-8-14)17-11-15-9-5-6-10-16(15)19-17/h2-11,18-19H,1,12H2. The number of fused-ring (bicyclic) bond motifs is 1. The van der Waals surface area contributed by atoms with Crippen molar-refractivity contribution < 1.29 is 0 Å². The topological polar surface area (TPSA) is 27.8 Å². The monoisotopic (exact) mass is 248 g/mol. The summed E-state index contributed by atoms with van der Waals surface area (Å²) < 4.78 is 0. The van der Waals surface area contributed by atoms with E-state index in [9.17, 15) is 0 Å². The van der Waals surface area contributed by atoms with Crippen LogP contribution in [-0.4, -0.2) is 4.98 Å². The molecule has 0 aliphatic carbocycles. The second kappa shape index (κ2) is 5.02. The van der Waals surface area contributed by atoms with E-state index in [2.05, 4.69) is 47.2 Å². The molecule has 19 heavy (non-hydrogen) atoms. The van der Waals surface area contributed by atoms with Crippen LogP contribution in [0, 0.1) is 0 Å². The largest absolute Gasteiger partial charge is 0.380 e. The quantitative estimate of drug-likeness (QED) is 0.719.